The van der Waals surface area contributed by atoms with Gasteiger partial charge in [0.1, 0.15) is 0 Å². The van der Waals surface area contributed by atoms with E-state index < -0.39 is 5.97 Å². The van der Waals surface area contributed by atoms with Crippen molar-refractivity contribution in [2.75, 3.05) is 0 Å². The minimum absolute atomic E-state index is 0.0443. The van der Waals surface area contributed by atoms with Crippen molar-refractivity contribution in [1.82, 2.24) is 0 Å². The number of carboxylic acid groups (broad SMARTS) is 1. The van der Waals surface area contributed by atoms with Crippen LogP contribution < -0.4 is 8.92 Å². The van der Waals surface area contributed by atoms with E-state index in [2.05, 4.69) is 24.3 Å². The fraction of sp³-hybridized carbons (Fsp3) is 0.0714. The van der Waals surface area contributed by atoms with Crippen molar-refractivity contribution in [1.29, 1.82) is 0 Å². The predicted molar refractivity (Wildman–Crippen MR) is 69.6 cm³/mol. The molecule has 0 bridgehead atoms. The maximum atomic E-state index is 11.1. The summed E-state index contributed by atoms with van der Waals surface area (Å²) in [5.74, 6) is -0.852. The van der Waals surface area contributed by atoms with Gasteiger partial charge in [-0.3, -0.25) is 0 Å². The van der Waals surface area contributed by atoms with Gasteiger partial charge in [-0.05, 0) is 0 Å². The van der Waals surface area contributed by atoms with E-state index in [1.54, 1.807) is 12.1 Å². The Labute approximate surface area is 106 Å². The number of rotatable bonds is 3. The van der Waals surface area contributed by atoms with E-state index in [1.165, 1.54) is 10.0 Å². The van der Waals surface area contributed by atoms with Gasteiger partial charge in [-0.15, -0.1) is 0 Å². The summed E-state index contributed by atoms with van der Waals surface area (Å²) in [4.78, 5) is 11.1. The average Bonchev–Trinajstić information content (AvgIpc) is 2.32. The molecule has 0 heterocycles. The Balaban J connectivity index is 2.30. The van der Waals surface area contributed by atoms with E-state index >= 15 is 0 Å². The second kappa shape index (κ2) is 5.17. The van der Waals surface area contributed by atoms with Crippen molar-refractivity contribution >= 4 is 29.8 Å². The summed E-state index contributed by atoms with van der Waals surface area (Å²) in [6.07, 6.45) is 0. The number of carboxylic acids is 1. The average molecular weight is 291 g/mol. The third-order valence-corrected chi connectivity index (χ3v) is 4.64. The molecule has 3 heteroatoms. The molecule has 2 nitrogen and oxygen atoms in total. The quantitative estimate of drug-likeness (QED) is 0.867. The molecule has 2 aromatic carbocycles. The van der Waals surface area contributed by atoms with E-state index in [4.69, 9.17) is 5.11 Å². The fourth-order valence-corrected chi connectivity index (χ4v) is 3.43. The van der Waals surface area contributed by atoms with Gasteiger partial charge in [0.05, 0.1) is 0 Å². The van der Waals surface area contributed by atoms with Gasteiger partial charge in [-0.1, -0.05) is 0 Å². The van der Waals surface area contributed by atoms with Crippen LogP contribution in [0.2, 0.25) is 0 Å². The number of aryl methyl sites for hydroxylation is 1. The Morgan fingerprint density at radius 3 is 2.35 bits per heavy atom. The van der Waals surface area contributed by atoms with Crippen LogP contribution in [0.25, 0.3) is 0 Å². The number of aromatic carboxylic acids is 1. The second-order valence-corrected chi connectivity index (χ2v) is 6.06. The van der Waals surface area contributed by atoms with Crippen molar-refractivity contribution < 1.29 is 9.90 Å². The third-order valence-electron chi connectivity index (χ3n) is 2.37. The van der Waals surface area contributed by atoms with Crippen LogP contribution in [-0.4, -0.2) is 26.0 Å². The first-order valence-electron chi connectivity index (χ1n) is 5.23. The summed E-state index contributed by atoms with van der Waals surface area (Å²) < 4.78 is 2.10. The van der Waals surface area contributed by atoms with Gasteiger partial charge in [0.2, 0.25) is 0 Å². The summed E-state index contributed by atoms with van der Waals surface area (Å²) >= 11 is 0.0443. The number of hydrogen-bond donors (Lipinski definition) is 1. The van der Waals surface area contributed by atoms with Gasteiger partial charge in [-0.25, -0.2) is 0 Å². The zero-order valence-electron chi connectivity index (χ0n) is 9.38. The van der Waals surface area contributed by atoms with Gasteiger partial charge in [0.15, 0.2) is 0 Å². The van der Waals surface area contributed by atoms with Crippen molar-refractivity contribution in [3.8, 4) is 0 Å². The molecule has 1 N–H and O–H groups in total. The van der Waals surface area contributed by atoms with E-state index in [0.29, 0.717) is 5.56 Å². The second-order valence-electron chi connectivity index (χ2n) is 3.72. The standard InChI is InChI=1S/C14H12O2Se/c1-10-6-8-11(9-7-10)17-13-5-3-2-4-12(13)14(15)16/h2-9H,1H3,(H,15,16). The SMILES string of the molecule is Cc1ccc([Se]c2ccccc2C(=O)O)cc1. The normalized spacial score (nSPS) is 10.2. The molecule has 0 aliphatic carbocycles. The molecule has 0 radical (unpaired) electrons. The Hall–Kier alpha value is -1.57. The zero-order valence-corrected chi connectivity index (χ0v) is 11.1. The van der Waals surface area contributed by atoms with Crippen molar-refractivity contribution in [2.45, 2.75) is 6.92 Å². The van der Waals surface area contributed by atoms with Crippen LogP contribution in [0.5, 0.6) is 0 Å². The molecule has 0 unspecified atom stereocenters. The van der Waals surface area contributed by atoms with Crippen LogP contribution in [0, 0.1) is 6.92 Å². The summed E-state index contributed by atoms with van der Waals surface area (Å²) in [5, 5.41) is 9.10. The Morgan fingerprint density at radius 2 is 1.71 bits per heavy atom. The summed E-state index contributed by atoms with van der Waals surface area (Å²) in [5.41, 5.74) is 1.63. The van der Waals surface area contributed by atoms with Gasteiger partial charge < -0.3 is 0 Å². The van der Waals surface area contributed by atoms with Crippen LogP contribution >= 0.6 is 0 Å². The molecule has 0 aromatic heterocycles. The summed E-state index contributed by atoms with van der Waals surface area (Å²) in [6.45, 7) is 2.04. The van der Waals surface area contributed by atoms with Gasteiger partial charge in [0, 0.05) is 0 Å². The molecule has 2 rings (SSSR count). The molecule has 0 aliphatic heterocycles. The van der Waals surface area contributed by atoms with Crippen LogP contribution in [-0.2, 0) is 0 Å². The molecular weight excluding hydrogens is 279 g/mol. The van der Waals surface area contributed by atoms with Crippen molar-refractivity contribution in [3.63, 3.8) is 0 Å². The summed E-state index contributed by atoms with van der Waals surface area (Å²) in [6, 6.07) is 15.4. The number of benzene rings is 2. The molecule has 0 saturated carbocycles. The van der Waals surface area contributed by atoms with Crippen molar-refractivity contribution in [3.05, 3.63) is 59.7 Å². The molecule has 0 fully saturated rings. The van der Waals surface area contributed by atoms with Crippen LogP contribution in [0.4, 0.5) is 0 Å². The van der Waals surface area contributed by atoms with Crippen LogP contribution in [0.1, 0.15) is 15.9 Å². The molecule has 0 aliphatic rings. The molecular formula is C14H12O2Se. The topological polar surface area (TPSA) is 37.3 Å². The van der Waals surface area contributed by atoms with Gasteiger partial charge in [-0.2, -0.15) is 0 Å². The molecule has 0 saturated heterocycles. The number of hydrogen-bond acceptors (Lipinski definition) is 1. The van der Waals surface area contributed by atoms with E-state index in [1.807, 2.05) is 19.1 Å². The Bertz CT molecular complexity index is 532. The van der Waals surface area contributed by atoms with E-state index in [-0.39, 0.29) is 15.0 Å². The minimum atomic E-state index is -0.852. The molecule has 0 amide bonds. The summed E-state index contributed by atoms with van der Waals surface area (Å²) in [7, 11) is 0. The predicted octanol–water partition coefficient (Wildman–Crippen LogP) is 1.35. The fourth-order valence-electron chi connectivity index (χ4n) is 1.47. The van der Waals surface area contributed by atoms with Crippen LogP contribution in [0.3, 0.4) is 0 Å². The first kappa shape index (κ1) is 11.9. The monoisotopic (exact) mass is 292 g/mol. The maximum absolute atomic E-state index is 11.1. The van der Waals surface area contributed by atoms with Gasteiger partial charge >= 0.3 is 106 Å². The Kier molecular flexibility index (Phi) is 3.62. The molecule has 86 valence electrons. The number of carbonyl (C=O) groups is 1. The van der Waals surface area contributed by atoms with Crippen LogP contribution in [0.15, 0.2) is 48.5 Å². The zero-order chi connectivity index (χ0) is 12.3. The molecule has 17 heavy (non-hydrogen) atoms. The molecule has 0 spiro atoms. The Morgan fingerprint density at radius 1 is 1.06 bits per heavy atom. The van der Waals surface area contributed by atoms with E-state index in [9.17, 15) is 4.79 Å². The molecule has 0 atom stereocenters. The first-order chi connectivity index (χ1) is 8.16. The first-order valence-corrected chi connectivity index (χ1v) is 6.95. The van der Waals surface area contributed by atoms with E-state index in [0.717, 1.165) is 4.46 Å². The van der Waals surface area contributed by atoms with Gasteiger partial charge in [0.25, 0.3) is 0 Å². The van der Waals surface area contributed by atoms with Crippen molar-refractivity contribution in [2.24, 2.45) is 0 Å². The third kappa shape index (κ3) is 2.96. The molecule has 2 aromatic rings.